The Balaban J connectivity index is 1.79. The van der Waals surface area contributed by atoms with E-state index in [0.717, 1.165) is 19.3 Å². The lowest BCUT2D eigenvalue weighted by Crippen LogP contribution is -2.37. The van der Waals surface area contributed by atoms with Crippen molar-refractivity contribution in [2.45, 2.75) is 31.1 Å². The van der Waals surface area contributed by atoms with Crippen molar-refractivity contribution in [2.75, 3.05) is 32.8 Å². The molecule has 0 saturated carbocycles. The molecule has 0 spiro atoms. The molecule has 0 bridgehead atoms. The highest BCUT2D eigenvalue weighted by atomic mass is 32.2. The molecule has 0 unspecified atom stereocenters. The first-order chi connectivity index (χ1) is 11.5. The first kappa shape index (κ1) is 18.5. The van der Waals surface area contributed by atoms with E-state index in [9.17, 15) is 13.2 Å². The molecule has 1 heterocycles. The van der Waals surface area contributed by atoms with Gasteiger partial charge < -0.3 is 15.4 Å². The molecule has 1 aliphatic heterocycles. The summed E-state index contributed by atoms with van der Waals surface area (Å²) in [6, 6.07) is 6.18. The molecule has 24 heavy (non-hydrogen) atoms. The van der Waals surface area contributed by atoms with Gasteiger partial charge in [0.05, 0.1) is 11.4 Å². The Hall–Kier alpha value is -1.80. The van der Waals surface area contributed by atoms with E-state index in [-0.39, 0.29) is 10.9 Å². The van der Waals surface area contributed by atoms with Crippen molar-refractivity contribution in [1.82, 2.24) is 14.9 Å². The van der Waals surface area contributed by atoms with Crippen LogP contribution in [0.1, 0.15) is 26.2 Å². The van der Waals surface area contributed by atoms with Crippen LogP contribution >= 0.6 is 0 Å². The van der Waals surface area contributed by atoms with Crippen LogP contribution in [0.25, 0.3) is 0 Å². The number of carbonyl (C=O) groups excluding carboxylic acids is 1. The highest BCUT2D eigenvalue weighted by Gasteiger charge is 2.26. The zero-order valence-electron chi connectivity index (χ0n) is 14.0. The summed E-state index contributed by atoms with van der Waals surface area (Å²) in [6.45, 7) is 4.50. The highest BCUT2D eigenvalue weighted by Crippen LogP contribution is 2.22. The molecular weight excluding hydrogens is 330 g/mol. The van der Waals surface area contributed by atoms with E-state index < -0.39 is 10.0 Å². The maximum atomic E-state index is 12.4. The normalized spacial score (nSPS) is 15.2. The number of rotatable bonds is 8. The maximum absolute atomic E-state index is 12.4. The number of hydrogen-bond acceptors (Lipinski definition) is 4. The standard InChI is InChI=1S/C16H25N3O4S/c1-2-9-17-16(20)18-10-13-23-14-5-7-15(8-6-14)24(21,22)19-11-3-4-12-19/h5-8H,2-4,9-13H2,1H3,(H2,17,18,20). The molecule has 8 heteroatoms. The largest absolute Gasteiger partial charge is 0.492 e. The van der Waals surface area contributed by atoms with Gasteiger partial charge in [0.1, 0.15) is 12.4 Å². The molecule has 2 amide bonds. The van der Waals surface area contributed by atoms with Gasteiger partial charge in [-0.2, -0.15) is 4.31 Å². The van der Waals surface area contributed by atoms with Gasteiger partial charge in [-0.1, -0.05) is 6.92 Å². The van der Waals surface area contributed by atoms with E-state index in [1.54, 1.807) is 24.3 Å². The van der Waals surface area contributed by atoms with E-state index in [2.05, 4.69) is 10.6 Å². The summed E-state index contributed by atoms with van der Waals surface area (Å²) < 4.78 is 31.8. The number of hydrogen-bond donors (Lipinski definition) is 2. The van der Waals surface area contributed by atoms with Crippen LogP contribution in [0.15, 0.2) is 29.2 Å². The fourth-order valence-corrected chi connectivity index (χ4v) is 3.94. The second kappa shape index (κ2) is 8.89. The van der Waals surface area contributed by atoms with Crippen LogP contribution in [0.3, 0.4) is 0 Å². The summed E-state index contributed by atoms with van der Waals surface area (Å²) in [5.74, 6) is 0.575. The Bertz CT molecular complexity index is 625. The van der Waals surface area contributed by atoms with Crippen molar-refractivity contribution < 1.29 is 17.9 Å². The zero-order valence-corrected chi connectivity index (χ0v) is 14.8. The minimum Gasteiger partial charge on any atom is -0.492 e. The van der Waals surface area contributed by atoms with E-state index in [1.807, 2.05) is 6.92 Å². The van der Waals surface area contributed by atoms with E-state index in [1.165, 1.54) is 4.31 Å². The SMILES string of the molecule is CCCNC(=O)NCCOc1ccc(S(=O)(=O)N2CCCC2)cc1. The lowest BCUT2D eigenvalue weighted by molar-refractivity contribution is 0.236. The number of benzene rings is 1. The van der Waals surface area contributed by atoms with Crippen LogP contribution in [0.4, 0.5) is 4.79 Å². The van der Waals surface area contributed by atoms with Gasteiger partial charge in [-0.05, 0) is 43.5 Å². The van der Waals surface area contributed by atoms with Crippen LogP contribution < -0.4 is 15.4 Å². The fraction of sp³-hybridized carbons (Fsp3) is 0.562. The number of nitrogens with one attached hydrogen (secondary N) is 2. The molecule has 0 aromatic heterocycles. The van der Waals surface area contributed by atoms with Crippen molar-refractivity contribution in [1.29, 1.82) is 0 Å². The predicted molar refractivity (Wildman–Crippen MR) is 91.6 cm³/mol. The molecule has 7 nitrogen and oxygen atoms in total. The summed E-state index contributed by atoms with van der Waals surface area (Å²) in [5, 5.41) is 5.39. The molecule has 1 saturated heterocycles. The minimum atomic E-state index is -3.39. The lowest BCUT2D eigenvalue weighted by atomic mass is 10.3. The number of nitrogens with zero attached hydrogens (tertiary/aromatic N) is 1. The maximum Gasteiger partial charge on any atom is 0.314 e. The van der Waals surface area contributed by atoms with Crippen LogP contribution in [-0.2, 0) is 10.0 Å². The summed E-state index contributed by atoms with van der Waals surface area (Å²) in [4.78, 5) is 11.6. The highest BCUT2D eigenvalue weighted by molar-refractivity contribution is 7.89. The Labute approximate surface area is 143 Å². The molecule has 1 aromatic carbocycles. The molecule has 1 fully saturated rings. The third-order valence-electron chi connectivity index (χ3n) is 3.72. The number of ether oxygens (including phenoxy) is 1. The first-order valence-corrected chi connectivity index (χ1v) is 9.73. The molecule has 1 aromatic rings. The van der Waals surface area contributed by atoms with Gasteiger partial charge in [-0.3, -0.25) is 0 Å². The Morgan fingerprint density at radius 2 is 1.75 bits per heavy atom. The molecule has 134 valence electrons. The molecule has 2 N–H and O–H groups in total. The summed E-state index contributed by atoms with van der Waals surface area (Å²) in [7, 11) is -3.39. The van der Waals surface area contributed by atoms with Crippen molar-refractivity contribution in [2.24, 2.45) is 0 Å². The third kappa shape index (κ3) is 5.10. The predicted octanol–water partition coefficient (Wildman–Crippen LogP) is 1.56. The van der Waals surface area contributed by atoms with E-state index in [0.29, 0.717) is 38.5 Å². The molecule has 0 atom stereocenters. The first-order valence-electron chi connectivity index (χ1n) is 8.28. The smallest absolute Gasteiger partial charge is 0.314 e. The van der Waals surface area contributed by atoms with Crippen molar-refractivity contribution in [3.63, 3.8) is 0 Å². The summed E-state index contributed by atoms with van der Waals surface area (Å²) in [5.41, 5.74) is 0. The monoisotopic (exact) mass is 355 g/mol. The molecule has 1 aliphatic rings. The average molecular weight is 355 g/mol. The zero-order chi connectivity index (χ0) is 17.4. The van der Waals surface area contributed by atoms with Gasteiger partial charge >= 0.3 is 6.03 Å². The van der Waals surface area contributed by atoms with E-state index >= 15 is 0 Å². The Kier molecular flexibility index (Phi) is 6.86. The molecular formula is C16H25N3O4S. The second-order valence-corrected chi connectivity index (χ2v) is 7.55. The molecule has 0 radical (unpaired) electrons. The van der Waals surface area contributed by atoms with Crippen LogP contribution in [0.2, 0.25) is 0 Å². The lowest BCUT2D eigenvalue weighted by Gasteiger charge is -2.15. The van der Waals surface area contributed by atoms with Gasteiger partial charge in [-0.25, -0.2) is 13.2 Å². The van der Waals surface area contributed by atoms with Gasteiger partial charge in [-0.15, -0.1) is 0 Å². The number of sulfonamides is 1. The summed E-state index contributed by atoms with van der Waals surface area (Å²) in [6.07, 6.45) is 2.72. The number of amides is 2. The quantitative estimate of drug-likeness (QED) is 0.693. The van der Waals surface area contributed by atoms with Gasteiger partial charge in [0.15, 0.2) is 0 Å². The molecule has 0 aliphatic carbocycles. The Morgan fingerprint density at radius 3 is 2.38 bits per heavy atom. The van der Waals surface area contributed by atoms with Crippen molar-refractivity contribution >= 4 is 16.1 Å². The molecule has 2 rings (SSSR count). The van der Waals surface area contributed by atoms with Gasteiger partial charge in [0, 0.05) is 19.6 Å². The van der Waals surface area contributed by atoms with E-state index in [4.69, 9.17) is 4.74 Å². The fourth-order valence-electron chi connectivity index (χ4n) is 2.42. The average Bonchev–Trinajstić information content (AvgIpc) is 3.13. The minimum absolute atomic E-state index is 0.215. The number of carbonyl (C=O) groups is 1. The van der Waals surface area contributed by atoms with Gasteiger partial charge in [0.2, 0.25) is 10.0 Å². The summed E-state index contributed by atoms with van der Waals surface area (Å²) >= 11 is 0. The van der Waals surface area contributed by atoms with Gasteiger partial charge in [0.25, 0.3) is 0 Å². The topological polar surface area (TPSA) is 87.7 Å². The van der Waals surface area contributed by atoms with Crippen molar-refractivity contribution in [3.05, 3.63) is 24.3 Å². The van der Waals surface area contributed by atoms with Crippen LogP contribution in [0, 0.1) is 0 Å². The Morgan fingerprint density at radius 1 is 1.12 bits per heavy atom. The van der Waals surface area contributed by atoms with Crippen molar-refractivity contribution in [3.8, 4) is 5.75 Å². The van der Waals surface area contributed by atoms with Crippen LogP contribution in [0.5, 0.6) is 5.75 Å². The van der Waals surface area contributed by atoms with Crippen LogP contribution in [-0.4, -0.2) is 51.5 Å². The third-order valence-corrected chi connectivity index (χ3v) is 5.63. The number of urea groups is 1. The second-order valence-electron chi connectivity index (χ2n) is 5.61.